The number of aromatic nitrogens is 1. The zero-order valence-corrected chi connectivity index (χ0v) is 15.8. The molecule has 1 atom stereocenters. The summed E-state index contributed by atoms with van der Waals surface area (Å²) >= 11 is 3.50. The topological polar surface area (TPSA) is 51.0 Å². The molecule has 1 N–H and O–H groups in total. The van der Waals surface area contributed by atoms with E-state index in [1.54, 1.807) is 7.05 Å². The highest BCUT2D eigenvalue weighted by Gasteiger charge is 2.15. The highest BCUT2D eigenvalue weighted by Crippen LogP contribution is 2.15. The molecule has 2 heterocycles. The zero-order chi connectivity index (χ0) is 16.7. The summed E-state index contributed by atoms with van der Waals surface area (Å²) in [6.07, 6.45) is 4.61. The van der Waals surface area contributed by atoms with Crippen LogP contribution in [0.4, 0.5) is 0 Å². The van der Waals surface area contributed by atoms with Crippen molar-refractivity contribution in [3.05, 3.63) is 22.4 Å². The van der Waals surface area contributed by atoms with Crippen molar-refractivity contribution in [3.8, 4) is 0 Å². The summed E-state index contributed by atoms with van der Waals surface area (Å²) in [6.45, 7) is 3.74. The Morgan fingerprint density at radius 2 is 2.43 bits per heavy atom. The minimum Gasteiger partial charge on any atom is -0.377 e. The summed E-state index contributed by atoms with van der Waals surface area (Å²) in [5.41, 5.74) is 1.22. The van der Waals surface area contributed by atoms with Gasteiger partial charge in [0.25, 0.3) is 0 Å². The first-order valence-electron chi connectivity index (χ1n) is 8.02. The van der Waals surface area contributed by atoms with E-state index in [1.165, 1.54) is 5.69 Å². The Morgan fingerprint density at radius 3 is 3.04 bits per heavy atom. The number of nitrogens with zero attached hydrogens (tertiary/aromatic N) is 3. The van der Waals surface area contributed by atoms with Crippen LogP contribution in [-0.2, 0) is 23.1 Å². The van der Waals surface area contributed by atoms with Gasteiger partial charge in [-0.05, 0) is 34.8 Å². The zero-order valence-electron chi connectivity index (χ0n) is 14.2. The molecule has 23 heavy (non-hydrogen) atoms. The van der Waals surface area contributed by atoms with E-state index in [0.29, 0.717) is 13.2 Å². The van der Waals surface area contributed by atoms with Crippen molar-refractivity contribution in [1.29, 1.82) is 0 Å². The van der Waals surface area contributed by atoms with Gasteiger partial charge in [0.15, 0.2) is 5.96 Å². The lowest BCUT2D eigenvalue weighted by atomic mass is 10.2. The van der Waals surface area contributed by atoms with Gasteiger partial charge in [0.2, 0.25) is 0 Å². The van der Waals surface area contributed by atoms with E-state index in [0.717, 1.165) is 43.0 Å². The van der Waals surface area contributed by atoms with E-state index < -0.39 is 0 Å². The van der Waals surface area contributed by atoms with Crippen LogP contribution < -0.4 is 5.32 Å². The Labute approximate surface area is 147 Å². The van der Waals surface area contributed by atoms with Gasteiger partial charge < -0.3 is 24.3 Å². The lowest BCUT2D eigenvalue weighted by Gasteiger charge is -2.22. The number of halogens is 1. The van der Waals surface area contributed by atoms with Crippen molar-refractivity contribution < 1.29 is 9.47 Å². The van der Waals surface area contributed by atoms with E-state index >= 15 is 0 Å². The molecule has 1 aliphatic heterocycles. The van der Waals surface area contributed by atoms with Crippen LogP contribution in [0.2, 0.25) is 0 Å². The quantitative estimate of drug-likeness (QED) is 0.442. The number of aryl methyl sites for hydroxylation is 1. The van der Waals surface area contributed by atoms with Crippen LogP contribution in [0.3, 0.4) is 0 Å². The molecule has 1 saturated heterocycles. The van der Waals surface area contributed by atoms with E-state index in [1.807, 2.05) is 14.1 Å². The molecule has 0 aliphatic carbocycles. The van der Waals surface area contributed by atoms with Crippen molar-refractivity contribution in [3.63, 3.8) is 0 Å². The van der Waals surface area contributed by atoms with Crippen LogP contribution in [-0.4, -0.2) is 62.0 Å². The maximum Gasteiger partial charge on any atom is 0.193 e. The van der Waals surface area contributed by atoms with Crippen molar-refractivity contribution >= 4 is 21.9 Å². The van der Waals surface area contributed by atoms with E-state index in [4.69, 9.17) is 9.47 Å². The molecule has 2 rings (SSSR count). The molecular formula is C16H27BrN4O2. The third kappa shape index (κ3) is 5.82. The summed E-state index contributed by atoms with van der Waals surface area (Å²) in [6, 6.07) is 2.12. The highest BCUT2D eigenvalue weighted by molar-refractivity contribution is 9.10. The minimum atomic E-state index is 0.285. The smallest absolute Gasteiger partial charge is 0.193 e. The van der Waals surface area contributed by atoms with Gasteiger partial charge in [-0.3, -0.25) is 4.99 Å². The third-order valence-electron chi connectivity index (χ3n) is 3.90. The summed E-state index contributed by atoms with van der Waals surface area (Å²) in [7, 11) is 5.87. The SMILES string of the molecule is CN=C(NCCOCC1CCCO1)N(C)Cc1cc(Br)cn1C. The molecule has 1 unspecified atom stereocenters. The van der Waals surface area contributed by atoms with Crippen LogP contribution >= 0.6 is 15.9 Å². The van der Waals surface area contributed by atoms with Crippen molar-refractivity contribution in [2.45, 2.75) is 25.5 Å². The summed E-state index contributed by atoms with van der Waals surface area (Å²) in [5, 5.41) is 3.33. The molecule has 0 saturated carbocycles. The molecule has 1 aliphatic rings. The molecule has 1 aromatic rings. The fourth-order valence-corrected chi connectivity index (χ4v) is 3.22. The molecule has 130 valence electrons. The lowest BCUT2D eigenvalue weighted by Crippen LogP contribution is -2.40. The molecule has 0 amide bonds. The first kappa shape index (κ1) is 18.3. The number of ether oxygens (including phenoxy) is 2. The second kappa shape index (κ2) is 9.30. The number of hydrogen-bond acceptors (Lipinski definition) is 3. The second-order valence-electron chi connectivity index (χ2n) is 5.80. The molecule has 7 heteroatoms. The van der Waals surface area contributed by atoms with E-state index in [9.17, 15) is 0 Å². The maximum absolute atomic E-state index is 5.66. The fraction of sp³-hybridized carbons (Fsp3) is 0.688. The molecular weight excluding hydrogens is 360 g/mol. The lowest BCUT2D eigenvalue weighted by molar-refractivity contribution is 0.0190. The van der Waals surface area contributed by atoms with Gasteiger partial charge in [-0.1, -0.05) is 0 Å². The largest absolute Gasteiger partial charge is 0.377 e. The molecule has 0 radical (unpaired) electrons. The number of rotatable bonds is 7. The number of nitrogens with one attached hydrogen (secondary N) is 1. The van der Waals surface area contributed by atoms with Crippen molar-refractivity contribution in [2.75, 3.05) is 40.5 Å². The second-order valence-corrected chi connectivity index (χ2v) is 6.72. The van der Waals surface area contributed by atoms with E-state index in [2.05, 4.69) is 48.0 Å². The Hall–Kier alpha value is -1.05. The molecule has 0 spiro atoms. The van der Waals surface area contributed by atoms with Gasteiger partial charge in [-0.15, -0.1) is 0 Å². The summed E-state index contributed by atoms with van der Waals surface area (Å²) in [4.78, 5) is 6.42. The van der Waals surface area contributed by atoms with Gasteiger partial charge in [-0.2, -0.15) is 0 Å². The third-order valence-corrected chi connectivity index (χ3v) is 4.34. The highest BCUT2D eigenvalue weighted by atomic mass is 79.9. The van der Waals surface area contributed by atoms with E-state index in [-0.39, 0.29) is 6.10 Å². The van der Waals surface area contributed by atoms with Gasteiger partial charge in [0.05, 0.1) is 25.9 Å². The Morgan fingerprint density at radius 1 is 1.61 bits per heavy atom. The average Bonchev–Trinajstić information content (AvgIpc) is 3.13. The first-order chi connectivity index (χ1) is 11.1. The van der Waals surface area contributed by atoms with Gasteiger partial charge in [0.1, 0.15) is 0 Å². The Balaban J connectivity index is 1.68. The van der Waals surface area contributed by atoms with Crippen LogP contribution in [0, 0.1) is 0 Å². The number of guanidine groups is 1. The average molecular weight is 387 g/mol. The summed E-state index contributed by atoms with van der Waals surface area (Å²) < 4.78 is 14.4. The number of hydrogen-bond donors (Lipinski definition) is 1. The predicted molar refractivity (Wildman–Crippen MR) is 95.7 cm³/mol. The normalized spacial score (nSPS) is 18.4. The number of aliphatic imine (C=N–C) groups is 1. The summed E-state index contributed by atoms with van der Waals surface area (Å²) in [5.74, 6) is 0.864. The molecule has 0 aromatic carbocycles. The van der Waals surface area contributed by atoms with Gasteiger partial charge >= 0.3 is 0 Å². The molecule has 1 aromatic heterocycles. The van der Waals surface area contributed by atoms with Crippen LogP contribution in [0.25, 0.3) is 0 Å². The standard InChI is InChI=1S/C16H27BrN4O2/c1-18-16(19-6-8-22-12-15-5-4-7-23-15)21(3)11-14-9-13(17)10-20(14)2/h9-10,15H,4-8,11-12H2,1-3H3,(H,18,19). The molecule has 0 bridgehead atoms. The van der Waals surface area contributed by atoms with Crippen LogP contribution in [0.1, 0.15) is 18.5 Å². The van der Waals surface area contributed by atoms with Crippen molar-refractivity contribution in [2.24, 2.45) is 12.0 Å². The predicted octanol–water partition coefficient (Wildman–Crippen LogP) is 1.99. The van der Waals surface area contributed by atoms with Crippen LogP contribution in [0.15, 0.2) is 21.7 Å². The first-order valence-corrected chi connectivity index (χ1v) is 8.81. The molecule has 6 nitrogen and oxygen atoms in total. The molecule has 1 fully saturated rings. The Bertz CT molecular complexity index is 512. The van der Waals surface area contributed by atoms with Gasteiger partial charge in [-0.25, -0.2) is 0 Å². The Kier molecular flexibility index (Phi) is 7.39. The minimum absolute atomic E-state index is 0.285. The van der Waals surface area contributed by atoms with Crippen LogP contribution in [0.5, 0.6) is 0 Å². The maximum atomic E-state index is 5.66. The fourth-order valence-electron chi connectivity index (χ4n) is 2.65. The monoisotopic (exact) mass is 386 g/mol. The van der Waals surface area contributed by atoms with Crippen molar-refractivity contribution in [1.82, 2.24) is 14.8 Å². The van der Waals surface area contributed by atoms with Gasteiger partial charge in [0, 0.05) is 50.7 Å².